The number of anilines is 1. The van der Waals surface area contributed by atoms with Crippen LogP contribution in [0.15, 0.2) is 35.2 Å². The molecule has 4 rings (SSSR count). The highest BCUT2D eigenvalue weighted by Gasteiger charge is 2.30. The Balaban J connectivity index is 1.77. The van der Waals surface area contributed by atoms with E-state index in [0.29, 0.717) is 22.1 Å². The predicted molar refractivity (Wildman–Crippen MR) is 129 cm³/mol. The third-order valence-corrected chi connectivity index (χ3v) is 6.52. The van der Waals surface area contributed by atoms with E-state index < -0.39 is 0 Å². The average molecular weight is 452 g/mol. The average Bonchev–Trinajstić information content (AvgIpc) is 3.51. The van der Waals surface area contributed by atoms with Gasteiger partial charge in [-0.15, -0.1) is 0 Å². The number of carbonyl (C=O) groups is 2. The van der Waals surface area contributed by atoms with E-state index >= 15 is 0 Å². The van der Waals surface area contributed by atoms with Crippen molar-refractivity contribution in [3.05, 3.63) is 47.3 Å². The maximum atomic E-state index is 13.5. The molecular weight excluding hydrogens is 422 g/mol. The first kappa shape index (κ1) is 22.3. The van der Waals surface area contributed by atoms with Crippen LogP contribution < -0.4 is 5.32 Å². The SMILES string of the molecule is Cc1nn(C(C)(C)C)c2nc(C3CC3)cc(C(=O)Nc3ccccc3SC(=O)N(C)C)c12. The maximum Gasteiger partial charge on any atom is 0.286 e. The van der Waals surface area contributed by atoms with Gasteiger partial charge in [-0.3, -0.25) is 9.59 Å². The first-order valence-electron chi connectivity index (χ1n) is 10.8. The highest BCUT2D eigenvalue weighted by Crippen LogP contribution is 2.41. The van der Waals surface area contributed by atoms with Crippen LogP contribution in [-0.2, 0) is 5.54 Å². The summed E-state index contributed by atoms with van der Waals surface area (Å²) in [7, 11) is 3.42. The fourth-order valence-electron chi connectivity index (χ4n) is 3.58. The number of nitrogens with one attached hydrogen (secondary N) is 1. The molecular formula is C24H29N5O2S. The number of hydrogen-bond donors (Lipinski definition) is 1. The highest BCUT2D eigenvalue weighted by atomic mass is 32.2. The van der Waals surface area contributed by atoms with E-state index in [0.717, 1.165) is 47.0 Å². The molecule has 0 radical (unpaired) electrons. The van der Waals surface area contributed by atoms with Crippen LogP contribution in [0.2, 0.25) is 0 Å². The van der Waals surface area contributed by atoms with E-state index in [-0.39, 0.29) is 16.7 Å². The summed E-state index contributed by atoms with van der Waals surface area (Å²) in [4.78, 5) is 32.9. The number of pyridine rings is 1. The molecule has 0 bridgehead atoms. The molecule has 1 aliphatic carbocycles. The fraction of sp³-hybridized carbons (Fsp3) is 0.417. The number of benzene rings is 1. The van der Waals surface area contributed by atoms with Gasteiger partial charge in [0.05, 0.1) is 27.9 Å². The van der Waals surface area contributed by atoms with Crippen LogP contribution in [0.3, 0.4) is 0 Å². The van der Waals surface area contributed by atoms with Crippen molar-refractivity contribution in [3.8, 4) is 0 Å². The minimum absolute atomic E-state index is 0.101. The van der Waals surface area contributed by atoms with Gasteiger partial charge in [-0.2, -0.15) is 5.10 Å². The Bertz CT molecular complexity index is 1210. The van der Waals surface area contributed by atoms with Gasteiger partial charge in [-0.1, -0.05) is 12.1 Å². The number of amides is 2. The molecule has 3 aromatic rings. The zero-order valence-electron chi connectivity index (χ0n) is 19.4. The fourth-order valence-corrected chi connectivity index (χ4v) is 4.32. The first-order chi connectivity index (χ1) is 15.1. The smallest absolute Gasteiger partial charge is 0.286 e. The van der Waals surface area contributed by atoms with Crippen molar-refractivity contribution >= 4 is 39.6 Å². The number of aromatic nitrogens is 3. The molecule has 1 saturated carbocycles. The summed E-state index contributed by atoms with van der Waals surface area (Å²) in [6, 6.07) is 9.27. The molecule has 1 aromatic carbocycles. The molecule has 0 atom stereocenters. The highest BCUT2D eigenvalue weighted by molar-refractivity contribution is 8.13. The van der Waals surface area contributed by atoms with E-state index in [1.807, 2.05) is 41.9 Å². The molecule has 1 fully saturated rings. The Hall–Kier alpha value is -2.87. The van der Waals surface area contributed by atoms with Crippen molar-refractivity contribution in [1.82, 2.24) is 19.7 Å². The van der Waals surface area contributed by atoms with Crippen LogP contribution >= 0.6 is 11.8 Å². The Kier molecular flexibility index (Phi) is 5.75. The molecule has 0 aliphatic heterocycles. The van der Waals surface area contributed by atoms with E-state index in [1.165, 1.54) is 4.90 Å². The van der Waals surface area contributed by atoms with Crippen molar-refractivity contribution in [1.29, 1.82) is 0 Å². The molecule has 32 heavy (non-hydrogen) atoms. The molecule has 8 heteroatoms. The Morgan fingerprint density at radius 1 is 1.19 bits per heavy atom. The van der Waals surface area contributed by atoms with Crippen LogP contribution in [0.25, 0.3) is 11.0 Å². The van der Waals surface area contributed by atoms with Gasteiger partial charge in [-0.25, -0.2) is 9.67 Å². The van der Waals surface area contributed by atoms with Gasteiger partial charge in [0.15, 0.2) is 5.65 Å². The molecule has 2 amide bonds. The summed E-state index contributed by atoms with van der Waals surface area (Å²) >= 11 is 1.09. The minimum Gasteiger partial charge on any atom is -0.339 e. The first-order valence-corrected chi connectivity index (χ1v) is 11.6. The van der Waals surface area contributed by atoms with Crippen molar-refractivity contribution < 1.29 is 9.59 Å². The number of nitrogens with zero attached hydrogens (tertiary/aromatic N) is 4. The molecule has 2 aromatic heterocycles. The summed E-state index contributed by atoms with van der Waals surface area (Å²) in [5, 5.41) is 8.43. The second kappa shape index (κ2) is 8.24. The summed E-state index contributed by atoms with van der Waals surface area (Å²) in [6.07, 6.45) is 2.18. The Morgan fingerprint density at radius 2 is 1.88 bits per heavy atom. The summed E-state index contributed by atoms with van der Waals surface area (Å²) < 4.78 is 1.92. The second-order valence-corrected chi connectivity index (χ2v) is 10.4. The van der Waals surface area contributed by atoms with Gasteiger partial charge in [0.25, 0.3) is 11.1 Å². The number of para-hydroxylation sites is 1. The molecule has 2 heterocycles. The monoisotopic (exact) mass is 451 g/mol. The van der Waals surface area contributed by atoms with Crippen molar-refractivity contribution in [2.24, 2.45) is 0 Å². The lowest BCUT2D eigenvalue weighted by Crippen LogP contribution is -2.24. The molecule has 0 unspecified atom stereocenters. The third-order valence-electron chi connectivity index (χ3n) is 5.41. The van der Waals surface area contributed by atoms with Gasteiger partial charge in [0.1, 0.15) is 0 Å². The van der Waals surface area contributed by atoms with E-state index in [1.54, 1.807) is 14.1 Å². The number of thioether (sulfide) groups is 1. The van der Waals surface area contributed by atoms with Gasteiger partial charge < -0.3 is 10.2 Å². The lowest BCUT2D eigenvalue weighted by molar-refractivity contribution is 0.102. The lowest BCUT2D eigenvalue weighted by Gasteiger charge is -2.20. The van der Waals surface area contributed by atoms with Crippen LogP contribution in [0, 0.1) is 6.92 Å². The third kappa shape index (κ3) is 4.37. The number of hydrogen-bond acceptors (Lipinski definition) is 5. The summed E-state index contributed by atoms with van der Waals surface area (Å²) in [5.41, 5.74) is 3.39. The Labute approximate surface area is 192 Å². The number of carbonyl (C=O) groups excluding carboxylic acids is 2. The summed E-state index contributed by atoms with van der Waals surface area (Å²) in [5.74, 6) is 0.177. The molecule has 1 N–H and O–H groups in total. The van der Waals surface area contributed by atoms with E-state index in [9.17, 15) is 9.59 Å². The summed E-state index contributed by atoms with van der Waals surface area (Å²) in [6.45, 7) is 8.16. The topological polar surface area (TPSA) is 80.1 Å². The molecule has 7 nitrogen and oxygen atoms in total. The standard InChI is InChI=1S/C24H29N5O2S/c1-14-20-16(13-18(15-11-12-15)25-21(20)29(27-14)24(2,3)4)22(30)26-17-9-7-8-10-19(17)32-23(31)28(5)6/h7-10,13,15H,11-12H2,1-6H3,(H,26,30). The van der Waals surface area contributed by atoms with Crippen molar-refractivity contribution in [2.45, 2.75) is 56.9 Å². The number of rotatable bonds is 4. The van der Waals surface area contributed by atoms with Gasteiger partial charge in [0.2, 0.25) is 0 Å². The second-order valence-electron chi connectivity index (χ2n) is 9.45. The van der Waals surface area contributed by atoms with Crippen LogP contribution in [0.5, 0.6) is 0 Å². The minimum atomic E-state index is -0.259. The van der Waals surface area contributed by atoms with Crippen LogP contribution in [0.4, 0.5) is 10.5 Å². The number of aryl methyl sites for hydroxylation is 1. The van der Waals surface area contributed by atoms with Gasteiger partial charge in [-0.05, 0) is 70.5 Å². The zero-order chi connectivity index (χ0) is 23.2. The largest absolute Gasteiger partial charge is 0.339 e. The molecule has 0 spiro atoms. The predicted octanol–water partition coefficient (Wildman–Crippen LogP) is 5.40. The maximum absolute atomic E-state index is 13.5. The molecule has 1 aliphatic rings. The Morgan fingerprint density at radius 3 is 2.50 bits per heavy atom. The lowest BCUT2D eigenvalue weighted by atomic mass is 10.1. The van der Waals surface area contributed by atoms with Crippen molar-refractivity contribution in [3.63, 3.8) is 0 Å². The van der Waals surface area contributed by atoms with Crippen LogP contribution in [0.1, 0.15) is 61.3 Å². The van der Waals surface area contributed by atoms with Gasteiger partial charge in [0, 0.05) is 30.6 Å². The van der Waals surface area contributed by atoms with E-state index in [4.69, 9.17) is 10.1 Å². The normalized spacial score (nSPS) is 13.9. The molecule has 168 valence electrons. The quantitative estimate of drug-likeness (QED) is 0.537. The van der Waals surface area contributed by atoms with Crippen molar-refractivity contribution in [2.75, 3.05) is 19.4 Å². The van der Waals surface area contributed by atoms with Gasteiger partial charge >= 0.3 is 0 Å². The zero-order valence-corrected chi connectivity index (χ0v) is 20.2. The van der Waals surface area contributed by atoms with E-state index in [2.05, 4.69) is 26.1 Å². The number of fused-ring (bicyclic) bond motifs is 1. The van der Waals surface area contributed by atoms with Crippen LogP contribution in [-0.4, -0.2) is 44.9 Å². The molecule has 0 saturated heterocycles.